The lowest BCUT2D eigenvalue weighted by Gasteiger charge is -2.22. The van der Waals surface area contributed by atoms with Crippen molar-refractivity contribution < 1.29 is 14.3 Å². The average molecular weight is 422 g/mol. The minimum atomic E-state index is -0.545. The maximum absolute atomic E-state index is 12.9. The zero-order valence-corrected chi connectivity index (χ0v) is 18.0. The van der Waals surface area contributed by atoms with Crippen LogP contribution in [0.15, 0.2) is 47.4 Å². The normalized spacial score (nSPS) is 16.1. The average Bonchev–Trinajstić information content (AvgIpc) is 2.90. The summed E-state index contributed by atoms with van der Waals surface area (Å²) < 4.78 is 5.34. The third kappa shape index (κ3) is 4.16. The zero-order chi connectivity index (χ0) is 21.3. The third-order valence-electron chi connectivity index (χ3n) is 5.18. The lowest BCUT2D eigenvalue weighted by Crippen LogP contribution is -2.35. The Morgan fingerprint density at radius 1 is 1.10 bits per heavy atom. The van der Waals surface area contributed by atoms with Crippen molar-refractivity contribution in [1.29, 1.82) is 0 Å². The molecule has 0 saturated carbocycles. The van der Waals surface area contributed by atoms with Gasteiger partial charge < -0.3 is 9.64 Å². The Morgan fingerprint density at radius 2 is 1.83 bits per heavy atom. The number of hydrogen-bond donors (Lipinski definition) is 0. The number of thioether (sulfide) groups is 1. The number of esters is 1. The SMILES string of the molecule is Cc1nc2ccc(C(=O)OCC(=O)N3CC[C@@H](C)Sc4ccccc43)cc2nc1C. The van der Waals surface area contributed by atoms with Gasteiger partial charge in [-0.15, -0.1) is 11.8 Å². The molecule has 1 atom stereocenters. The van der Waals surface area contributed by atoms with E-state index >= 15 is 0 Å². The molecule has 0 aliphatic carbocycles. The molecule has 1 amide bonds. The number of benzene rings is 2. The number of ether oxygens (including phenoxy) is 1. The van der Waals surface area contributed by atoms with Gasteiger partial charge in [0.2, 0.25) is 0 Å². The summed E-state index contributed by atoms with van der Waals surface area (Å²) >= 11 is 1.76. The number of anilines is 1. The molecule has 0 unspecified atom stereocenters. The minimum Gasteiger partial charge on any atom is -0.452 e. The molecule has 2 aromatic carbocycles. The van der Waals surface area contributed by atoms with Crippen LogP contribution in [-0.4, -0.2) is 40.2 Å². The molecule has 0 N–H and O–H groups in total. The number of amides is 1. The van der Waals surface area contributed by atoms with Crippen molar-refractivity contribution in [3.8, 4) is 0 Å². The largest absolute Gasteiger partial charge is 0.452 e. The maximum Gasteiger partial charge on any atom is 0.338 e. The first-order valence-corrected chi connectivity index (χ1v) is 10.8. The quantitative estimate of drug-likeness (QED) is 0.587. The minimum absolute atomic E-state index is 0.224. The molecule has 0 fully saturated rings. The van der Waals surface area contributed by atoms with Crippen LogP contribution in [0.3, 0.4) is 0 Å². The molecular weight excluding hydrogens is 398 g/mol. The summed E-state index contributed by atoms with van der Waals surface area (Å²) in [7, 11) is 0. The number of hydrogen-bond acceptors (Lipinski definition) is 6. The molecule has 1 aliphatic rings. The van der Waals surface area contributed by atoms with Gasteiger partial charge in [-0.2, -0.15) is 0 Å². The summed E-state index contributed by atoms with van der Waals surface area (Å²) in [6.45, 7) is 6.23. The van der Waals surface area contributed by atoms with Gasteiger partial charge in [0.15, 0.2) is 6.61 Å². The monoisotopic (exact) mass is 421 g/mol. The standard InChI is InChI=1S/C23H23N3O3S/c1-14-10-11-26(20-6-4-5-7-21(20)30-14)22(27)13-29-23(28)17-8-9-18-19(12-17)25-16(3)15(2)24-18/h4-9,12,14H,10-11,13H2,1-3H3/t14-/m1/s1. The van der Waals surface area contributed by atoms with Gasteiger partial charge in [-0.25, -0.2) is 14.8 Å². The Morgan fingerprint density at radius 3 is 2.63 bits per heavy atom. The van der Waals surface area contributed by atoms with Crippen LogP contribution < -0.4 is 4.90 Å². The topological polar surface area (TPSA) is 72.4 Å². The first-order chi connectivity index (χ1) is 14.4. The fraction of sp³-hybridized carbons (Fsp3) is 0.304. The van der Waals surface area contributed by atoms with E-state index in [-0.39, 0.29) is 12.5 Å². The number of aryl methyl sites for hydroxylation is 2. The number of para-hydroxylation sites is 1. The second kappa shape index (κ2) is 8.44. The number of aromatic nitrogens is 2. The van der Waals surface area contributed by atoms with E-state index < -0.39 is 5.97 Å². The fourth-order valence-electron chi connectivity index (χ4n) is 3.39. The van der Waals surface area contributed by atoms with Crippen LogP contribution in [0, 0.1) is 13.8 Å². The maximum atomic E-state index is 12.9. The molecule has 0 saturated heterocycles. The lowest BCUT2D eigenvalue weighted by molar-refractivity contribution is -0.121. The van der Waals surface area contributed by atoms with Crippen LogP contribution in [0.5, 0.6) is 0 Å². The predicted octanol–water partition coefficient (Wildman–Crippen LogP) is 4.32. The number of rotatable bonds is 3. The second-order valence-corrected chi connectivity index (χ2v) is 8.88. The molecule has 1 aromatic heterocycles. The van der Waals surface area contributed by atoms with Crippen LogP contribution in [0.4, 0.5) is 5.69 Å². The predicted molar refractivity (Wildman–Crippen MR) is 118 cm³/mol. The van der Waals surface area contributed by atoms with E-state index in [1.807, 2.05) is 38.1 Å². The molecule has 4 rings (SSSR count). The molecule has 30 heavy (non-hydrogen) atoms. The molecule has 6 nitrogen and oxygen atoms in total. The molecule has 2 heterocycles. The highest BCUT2D eigenvalue weighted by atomic mass is 32.2. The summed E-state index contributed by atoms with van der Waals surface area (Å²) in [5, 5.41) is 0.414. The molecule has 1 aliphatic heterocycles. The second-order valence-electron chi connectivity index (χ2n) is 7.40. The first-order valence-electron chi connectivity index (χ1n) is 9.90. The van der Waals surface area contributed by atoms with Gasteiger partial charge in [-0.1, -0.05) is 19.1 Å². The summed E-state index contributed by atoms with van der Waals surface area (Å²) in [6.07, 6.45) is 0.876. The van der Waals surface area contributed by atoms with Crippen LogP contribution in [0.2, 0.25) is 0 Å². The van der Waals surface area contributed by atoms with Gasteiger partial charge in [-0.3, -0.25) is 4.79 Å². The van der Waals surface area contributed by atoms with Crippen LogP contribution >= 0.6 is 11.8 Å². The lowest BCUT2D eigenvalue weighted by atomic mass is 10.2. The summed E-state index contributed by atoms with van der Waals surface area (Å²) in [5.74, 6) is -0.770. The van der Waals surface area contributed by atoms with E-state index in [9.17, 15) is 9.59 Å². The highest BCUT2D eigenvalue weighted by molar-refractivity contribution is 8.00. The van der Waals surface area contributed by atoms with Gasteiger partial charge in [-0.05, 0) is 50.6 Å². The van der Waals surface area contributed by atoms with Crippen molar-refractivity contribution in [3.05, 3.63) is 59.4 Å². The van der Waals surface area contributed by atoms with Gasteiger partial charge in [0.1, 0.15) is 0 Å². The number of carbonyl (C=O) groups excluding carboxylic acids is 2. The Hall–Kier alpha value is -2.93. The highest BCUT2D eigenvalue weighted by Crippen LogP contribution is 2.37. The molecule has 0 bridgehead atoms. The van der Waals surface area contributed by atoms with Crippen molar-refractivity contribution >= 4 is 40.4 Å². The number of nitrogens with zero attached hydrogens (tertiary/aromatic N) is 3. The summed E-state index contributed by atoms with van der Waals surface area (Å²) in [5.41, 5.74) is 4.25. The smallest absolute Gasteiger partial charge is 0.338 e. The van der Waals surface area contributed by atoms with Crippen molar-refractivity contribution in [2.75, 3.05) is 18.1 Å². The van der Waals surface area contributed by atoms with Crippen molar-refractivity contribution in [3.63, 3.8) is 0 Å². The molecular formula is C23H23N3O3S. The Balaban J connectivity index is 1.48. The molecule has 154 valence electrons. The molecule has 3 aromatic rings. The van der Waals surface area contributed by atoms with E-state index in [2.05, 4.69) is 16.9 Å². The van der Waals surface area contributed by atoms with Crippen LogP contribution in [-0.2, 0) is 9.53 Å². The Kier molecular flexibility index (Phi) is 5.72. The molecule has 0 spiro atoms. The number of fused-ring (bicyclic) bond motifs is 2. The van der Waals surface area contributed by atoms with E-state index in [1.165, 1.54) is 0 Å². The fourth-order valence-corrected chi connectivity index (χ4v) is 4.50. The van der Waals surface area contributed by atoms with Gasteiger partial charge in [0, 0.05) is 16.7 Å². The van der Waals surface area contributed by atoms with Gasteiger partial charge in [0.25, 0.3) is 5.91 Å². The Bertz CT molecular complexity index is 1130. The van der Waals surface area contributed by atoms with Crippen molar-refractivity contribution in [2.24, 2.45) is 0 Å². The summed E-state index contributed by atoms with van der Waals surface area (Å²) in [6, 6.07) is 12.9. The molecule has 0 radical (unpaired) electrons. The van der Waals surface area contributed by atoms with Gasteiger partial charge >= 0.3 is 5.97 Å². The van der Waals surface area contributed by atoms with E-state index in [4.69, 9.17) is 4.74 Å². The molecule has 7 heteroatoms. The van der Waals surface area contributed by atoms with Crippen LogP contribution in [0.1, 0.15) is 35.1 Å². The van der Waals surface area contributed by atoms with Gasteiger partial charge in [0.05, 0.1) is 33.7 Å². The first kappa shape index (κ1) is 20.3. The van der Waals surface area contributed by atoms with Crippen molar-refractivity contribution in [1.82, 2.24) is 9.97 Å². The third-order valence-corrected chi connectivity index (χ3v) is 6.42. The van der Waals surface area contributed by atoms with E-state index in [0.29, 0.717) is 22.9 Å². The highest BCUT2D eigenvalue weighted by Gasteiger charge is 2.25. The number of carbonyl (C=O) groups is 2. The van der Waals surface area contributed by atoms with E-state index in [1.54, 1.807) is 34.9 Å². The zero-order valence-electron chi connectivity index (χ0n) is 17.2. The van der Waals surface area contributed by atoms with Crippen molar-refractivity contribution in [2.45, 2.75) is 37.3 Å². The Labute approximate surface area is 179 Å². The van der Waals surface area contributed by atoms with E-state index in [0.717, 1.165) is 33.9 Å². The summed E-state index contributed by atoms with van der Waals surface area (Å²) in [4.78, 5) is 37.2. The van der Waals surface area contributed by atoms with Crippen LogP contribution in [0.25, 0.3) is 11.0 Å².